The predicted molar refractivity (Wildman–Crippen MR) is 76.9 cm³/mol. The number of aliphatic hydroxyl groups is 1. The summed E-state index contributed by atoms with van der Waals surface area (Å²) >= 11 is 0. The van der Waals surface area contributed by atoms with Crippen LogP contribution >= 0.6 is 0 Å². The van der Waals surface area contributed by atoms with Crippen LogP contribution in [0, 0.1) is 5.41 Å². The van der Waals surface area contributed by atoms with Gasteiger partial charge in [0.25, 0.3) is 0 Å². The number of aliphatic hydroxyl groups excluding tert-OH is 1. The second-order valence-electron chi connectivity index (χ2n) is 6.40. The first kappa shape index (κ1) is 15.9. The maximum absolute atomic E-state index is 8.92. The van der Waals surface area contributed by atoms with Gasteiger partial charge in [0, 0.05) is 38.8 Å². The van der Waals surface area contributed by atoms with Gasteiger partial charge in [0.05, 0.1) is 6.61 Å². The molecule has 0 saturated carbocycles. The molecule has 1 saturated heterocycles. The molecule has 4 nitrogen and oxygen atoms in total. The van der Waals surface area contributed by atoms with Crippen LogP contribution in [-0.4, -0.2) is 73.9 Å². The molecule has 1 unspecified atom stereocenters. The molecule has 4 heteroatoms. The van der Waals surface area contributed by atoms with Crippen LogP contribution < -0.4 is 5.32 Å². The molecule has 0 bridgehead atoms. The fraction of sp³-hybridized carbons (Fsp3) is 1.00. The molecule has 0 aromatic carbocycles. The highest BCUT2D eigenvalue weighted by molar-refractivity contribution is 4.81. The Morgan fingerprint density at radius 3 is 1.94 bits per heavy atom. The minimum atomic E-state index is 0.284. The summed E-state index contributed by atoms with van der Waals surface area (Å²) in [6.07, 6.45) is 1.21. The van der Waals surface area contributed by atoms with Crippen molar-refractivity contribution in [2.45, 2.75) is 33.2 Å². The fourth-order valence-corrected chi connectivity index (χ4v) is 2.70. The maximum atomic E-state index is 8.92. The third-order valence-electron chi connectivity index (χ3n) is 4.01. The average Bonchev–Trinajstić information content (AvgIpc) is 2.30. The third-order valence-corrected chi connectivity index (χ3v) is 4.01. The van der Waals surface area contributed by atoms with Crippen molar-refractivity contribution in [2.75, 3.05) is 52.9 Å². The number of hydrogen-bond acceptors (Lipinski definition) is 4. The molecule has 0 aromatic rings. The zero-order chi connectivity index (χ0) is 13.6. The second-order valence-corrected chi connectivity index (χ2v) is 6.40. The molecular formula is C14H31N3O. The normalized spacial score (nSPS) is 21.2. The molecule has 2 N–H and O–H groups in total. The lowest BCUT2D eigenvalue weighted by atomic mass is 9.85. The van der Waals surface area contributed by atoms with Gasteiger partial charge in [-0.15, -0.1) is 0 Å². The van der Waals surface area contributed by atoms with E-state index in [9.17, 15) is 0 Å². The standard InChI is InChI=1S/C14H31N3O/c1-14(2,3)13(15-4)5-6-16-7-9-17(10-8-16)11-12-18/h13,15,18H,5-12H2,1-4H3. The lowest BCUT2D eigenvalue weighted by molar-refractivity contribution is 0.105. The Bertz CT molecular complexity index is 220. The van der Waals surface area contributed by atoms with Crippen LogP contribution in [-0.2, 0) is 0 Å². The molecule has 1 atom stereocenters. The largest absolute Gasteiger partial charge is 0.395 e. The van der Waals surface area contributed by atoms with E-state index in [1.807, 2.05) is 0 Å². The third kappa shape index (κ3) is 5.22. The van der Waals surface area contributed by atoms with Gasteiger partial charge >= 0.3 is 0 Å². The van der Waals surface area contributed by atoms with E-state index in [0.29, 0.717) is 11.5 Å². The Kier molecular flexibility index (Phi) is 6.57. The monoisotopic (exact) mass is 257 g/mol. The summed E-state index contributed by atoms with van der Waals surface area (Å²) in [5, 5.41) is 12.4. The summed E-state index contributed by atoms with van der Waals surface area (Å²) in [5.41, 5.74) is 0.327. The lowest BCUT2D eigenvalue weighted by Gasteiger charge is -2.37. The van der Waals surface area contributed by atoms with E-state index in [2.05, 4.69) is 42.9 Å². The van der Waals surface area contributed by atoms with Crippen molar-refractivity contribution >= 4 is 0 Å². The maximum Gasteiger partial charge on any atom is 0.0558 e. The van der Waals surface area contributed by atoms with Crippen LogP contribution in [0.4, 0.5) is 0 Å². The molecule has 1 rings (SSSR count). The van der Waals surface area contributed by atoms with Crippen molar-refractivity contribution in [1.82, 2.24) is 15.1 Å². The van der Waals surface area contributed by atoms with Gasteiger partial charge in [0.1, 0.15) is 0 Å². The molecule has 0 amide bonds. The molecule has 0 aliphatic carbocycles. The Hall–Kier alpha value is -0.160. The Morgan fingerprint density at radius 1 is 1.06 bits per heavy atom. The molecule has 1 heterocycles. The van der Waals surface area contributed by atoms with Crippen LogP contribution in [0.15, 0.2) is 0 Å². The predicted octanol–water partition coefficient (Wildman–Crippen LogP) is 0.621. The van der Waals surface area contributed by atoms with Crippen molar-refractivity contribution in [1.29, 1.82) is 0 Å². The Morgan fingerprint density at radius 2 is 1.56 bits per heavy atom. The highest BCUT2D eigenvalue weighted by Crippen LogP contribution is 2.21. The lowest BCUT2D eigenvalue weighted by Crippen LogP contribution is -2.49. The second kappa shape index (κ2) is 7.43. The Labute approximate surface area is 112 Å². The quantitative estimate of drug-likeness (QED) is 0.732. The summed E-state index contributed by atoms with van der Waals surface area (Å²) in [4.78, 5) is 4.89. The van der Waals surface area contributed by atoms with Gasteiger partial charge in [-0.2, -0.15) is 0 Å². The highest BCUT2D eigenvalue weighted by atomic mass is 16.3. The summed E-state index contributed by atoms with van der Waals surface area (Å²) in [6.45, 7) is 13.7. The van der Waals surface area contributed by atoms with Gasteiger partial charge in [-0.3, -0.25) is 4.90 Å². The van der Waals surface area contributed by atoms with Crippen molar-refractivity contribution in [2.24, 2.45) is 5.41 Å². The molecule has 1 aliphatic heterocycles. The zero-order valence-electron chi connectivity index (χ0n) is 12.6. The fourth-order valence-electron chi connectivity index (χ4n) is 2.70. The Balaban J connectivity index is 2.25. The van der Waals surface area contributed by atoms with E-state index >= 15 is 0 Å². The average molecular weight is 257 g/mol. The van der Waals surface area contributed by atoms with Gasteiger partial charge in [-0.05, 0) is 25.4 Å². The van der Waals surface area contributed by atoms with Crippen molar-refractivity contribution < 1.29 is 5.11 Å². The number of hydrogen-bond donors (Lipinski definition) is 2. The minimum Gasteiger partial charge on any atom is -0.395 e. The molecule has 1 aliphatic rings. The molecule has 1 fully saturated rings. The molecule has 0 aromatic heterocycles. The van der Waals surface area contributed by atoms with Gasteiger partial charge in [0.15, 0.2) is 0 Å². The summed E-state index contributed by atoms with van der Waals surface area (Å²) < 4.78 is 0. The van der Waals surface area contributed by atoms with E-state index in [0.717, 1.165) is 32.7 Å². The van der Waals surface area contributed by atoms with Gasteiger partial charge in [-0.25, -0.2) is 0 Å². The van der Waals surface area contributed by atoms with E-state index in [1.165, 1.54) is 13.0 Å². The molecule has 18 heavy (non-hydrogen) atoms. The van der Waals surface area contributed by atoms with E-state index in [1.54, 1.807) is 0 Å². The molecule has 0 spiro atoms. The first-order valence-corrected chi connectivity index (χ1v) is 7.20. The summed E-state index contributed by atoms with van der Waals surface area (Å²) in [6, 6.07) is 0.577. The van der Waals surface area contributed by atoms with Crippen molar-refractivity contribution in [3.05, 3.63) is 0 Å². The zero-order valence-corrected chi connectivity index (χ0v) is 12.6. The van der Waals surface area contributed by atoms with E-state index in [-0.39, 0.29) is 6.61 Å². The number of nitrogens with one attached hydrogen (secondary N) is 1. The number of β-amino-alcohol motifs (C(OH)–C–C–N with tert-alkyl or cyclic N) is 1. The van der Waals surface area contributed by atoms with Gasteiger partial charge < -0.3 is 15.3 Å². The summed E-state index contributed by atoms with van der Waals surface area (Å²) in [7, 11) is 2.06. The summed E-state index contributed by atoms with van der Waals surface area (Å²) in [5.74, 6) is 0. The molecular weight excluding hydrogens is 226 g/mol. The van der Waals surface area contributed by atoms with Crippen LogP contribution in [0.1, 0.15) is 27.2 Å². The smallest absolute Gasteiger partial charge is 0.0558 e. The number of piperazine rings is 1. The molecule has 108 valence electrons. The van der Waals surface area contributed by atoms with Crippen molar-refractivity contribution in [3.8, 4) is 0 Å². The van der Waals surface area contributed by atoms with E-state index < -0.39 is 0 Å². The SMILES string of the molecule is CNC(CCN1CCN(CCO)CC1)C(C)(C)C. The first-order chi connectivity index (χ1) is 8.47. The molecule has 0 radical (unpaired) electrons. The van der Waals surface area contributed by atoms with Crippen LogP contribution in [0.25, 0.3) is 0 Å². The van der Waals surface area contributed by atoms with Crippen LogP contribution in [0.3, 0.4) is 0 Å². The van der Waals surface area contributed by atoms with Crippen LogP contribution in [0.2, 0.25) is 0 Å². The van der Waals surface area contributed by atoms with Crippen molar-refractivity contribution in [3.63, 3.8) is 0 Å². The topological polar surface area (TPSA) is 38.7 Å². The number of rotatable bonds is 6. The highest BCUT2D eigenvalue weighted by Gasteiger charge is 2.24. The van der Waals surface area contributed by atoms with Gasteiger partial charge in [-0.1, -0.05) is 20.8 Å². The van der Waals surface area contributed by atoms with Gasteiger partial charge in [0.2, 0.25) is 0 Å². The van der Waals surface area contributed by atoms with Crippen LogP contribution in [0.5, 0.6) is 0 Å². The minimum absolute atomic E-state index is 0.284. The van der Waals surface area contributed by atoms with E-state index in [4.69, 9.17) is 5.11 Å². The first-order valence-electron chi connectivity index (χ1n) is 7.20. The number of nitrogens with zero attached hydrogens (tertiary/aromatic N) is 2.